The van der Waals surface area contributed by atoms with Gasteiger partial charge in [0.2, 0.25) is 0 Å². The van der Waals surface area contributed by atoms with E-state index in [9.17, 15) is 13.2 Å². The average molecular weight is 324 g/mol. The molecule has 3 rings (SSSR count). The number of carbonyl (C=O) groups excluding carboxylic acids is 1. The fourth-order valence-corrected chi connectivity index (χ4v) is 3.63. The largest absolute Gasteiger partial charge is 0.364 e. The molecule has 118 valence electrons. The van der Waals surface area contributed by atoms with Crippen LogP contribution in [0.2, 0.25) is 0 Å². The monoisotopic (exact) mass is 324 g/mol. The Morgan fingerprint density at radius 1 is 1.45 bits per heavy atom. The number of benzene rings is 1. The fraction of sp³-hybridized carbons (Fsp3) is 0.308. The lowest BCUT2D eigenvalue weighted by atomic mass is 10.0. The van der Waals surface area contributed by atoms with Crippen molar-refractivity contribution in [2.45, 2.75) is 6.04 Å². The lowest BCUT2D eigenvalue weighted by Gasteiger charge is -2.35. The molecule has 0 saturated carbocycles. The third-order valence-electron chi connectivity index (χ3n) is 3.58. The number of rotatable bonds is 5. The van der Waals surface area contributed by atoms with Crippen molar-refractivity contribution in [3.63, 3.8) is 0 Å². The molecule has 2 heterocycles. The number of hydrogen-bond acceptors (Lipinski definition) is 4. The topological polar surface area (TPSA) is 82.2 Å². The smallest absolute Gasteiger partial charge is 0.265 e. The Labute approximate surface area is 128 Å². The van der Waals surface area contributed by atoms with E-state index in [0.29, 0.717) is 11.3 Å². The van der Waals surface area contributed by atoms with Crippen LogP contribution in [0.3, 0.4) is 0 Å². The summed E-state index contributed by atoms with van der Waals surface area (Å²) >= 11 is 0. The first-order valence-electron chi connectivity index (χ1n) is 6.68. The standard InChI is InChI=1S/C13H16N4O4S/c1-3-8-21-16-12-9-15(13(16)18)17(22(19,20)14-2)11-7-5-4-6-10(11)12/h3-7,12,14H,1,8-9H2,2H3. The summed E-state index contributed by atoms with van der Waals surface area (Å²) in [5, 5.41) is 2.35. The van der Waals surface area contributed by atoms with E-state index in [1.807, 2.05) is 0 Å². The number of hydroxylamine groups is 2. The van der Waals surface area contributed by atoms with E-state index in [-0.39, 0.29) is 19.2 Å². The Hall–Kier alpha value is -2.10. The van der Waals surface area contributed by atoms with Crippen LogP contribution in [0.1, 0.15) is 11.6 Å². The first-order valence-corrected chi connectivity index (χ1v) is 8.12. The number of amides is 2. The van der Waals surface area contributed by atoms with Gasteiger partial charge < -0.3 is 0 Å². The fourth-order valence-electron chi connectivity index (χ4n) is 2.64. The molecule has 1 unspecified atom stereocenters. The minimum Gasteiger partial charge on any atom is -0.265 e. The second kappa shape index (κ2) is 5.27. The first-order chi connectivity index (χ1) is 10.5. The van der Waals surface area contributed by atoms with Gasteiger partial charge in [-0.15, -0.1) is 6.58 Å². The maximum Gasteiger partial charge on any atom is 0.364 e. The van der Waals surface area contributed by atoms with E-state index >= 15 is 0 Å². The van der Waals surface area contributed by atoms with Crippen LogP contribution in [0.15, 0.2) is 36.9 Å². The van der Waals surface area contributed by atoms with E-state index < -0.39 is 16.2 Å². The van der Waals surface area contributed by atoms with Crippen LogP contribution in [-0.2, 0) is 15.0 Å². The maximum absolute atomic E-state index is 12.5. The highest BCUT2D eigenvalue weighted by Gasteiger charge is 2.51. The molecule has 2 amide bonds. The normalized spacial score (nSPS) is 20.3. The van der Waals surface area contributed by atoms with Crippen LogP contribution in [0.25, 0.3) is 0 Å². The molecule has 1 aromatic carbocycles. The van der Waals surface area contributed by atoms with E-state index in [1.165, 1.54) is 18.2 Å². The molecule has 1 saturated heterocycles. The van der Waals surface area contributed by atoms with Gasteiger partial charge in [0.15, 0.2) is 0 Å². The number of urea groups is 1. The third kappa shape index (κ3) is 2.05. The second-order valence-corrected chi connectivity index (χ2v) is 6.51. The van der Waals surface area contributed by atoms with Gasteiger partial charge in [0.1, 0.15) is 6.04 Å². The molecule has 1 N–H and O–H groups in total. The predicted molar refractivity (Wildman–Crippen MR) is 79.7 cm³/mol. The molecule has 22 heavy (non-hydrogen) atoms. The van der Waals surface area contributed by atoms with Gasteiger partial charge in [-0.25, -0.2) is 9.80 Å². The Bertz CT molecular complexity index is 721. The minimum absolute atomic E-state index is 0.164. The summed E-state index contributed by atoms with van der Waals surface area (Å²) in [6.45, 7) is 3.92. The number of nitrogens with zero attached hydrogens (tertiary/aromatic N) is 3. The second-order valence-electron chi connectivity index (χ2n) is 4.80. The number of carbonyl (C=O) groups is 1. The number of nitrogens with one attached hydrogen (secondary N) is 1. The molecule has 8 nitrogen and oxygen atoms in total. The van der Waals surface area contributed by atoms with Gasteiger partial charge in [-0.1, -0.05) is 24.3 Å². The number of fused-ring (bicyclic) bond motifs is 4. The molecule has 9 heteroatoms. The lowest BCUT2D eigenvalue weighted by molar-refractivity contribution is -0.118. The van der Waals surface area contributed by atoms with Crippen molar-refractivity contribution in [1.29, 1.82) is 0 Å². The van der Waals surface area contributed by atoms with E-state index in [2.05, 4.69) is 11.3 Å². The predicted octanol–water partition coefficient (Wildman–Crippen LogP) is 0.782. The van der Waals surface area contributed by atoms with Crippen molar-refractivity contribution in [3.05, 3.63) is 42.5 Å². The summed E-state index contributed by atoms with van der Waals surface area (Å²) in [7, 11) is -2.56. The summed E-state index contributed by atoms with van der Waals surface area (Å²) in [6, 6.07) is 6.09. The highest BCUT2D eigenvalue weighted by Crippen LogP contribution is 2.43. The van der Waals surface area contributed by atoms with Crippen molar-refractivity contribution in [2.75, 3.05) is 24.6 Å². The van der Waals surface area contributed by atoms with E-state index in [4.69, 9.17) is 4.84 Å². The summed E-state index contributed by atoms with van der Waals surface area (Å²) < 4.78 is 27.9. The summed E-state index contributed by atoms with van der Waals surface area (Å²) in [4.78, 5) is 17.9. The Kier molecular flexibility index (Phi) is 3.55. The molecule has 0 aliphatic carbocycles. The molecule has 1 fully saturated rings. The number of hydrogen-bond donors (Lipinski definition) is 1. The van der Waals surface area contributed by atoms with Gasteiger partial charge in [0.05, 0.1) is 18.8 Å². The lowest BCUT2D eigenvalue weighted by Crippen LogP contribution is -2.53. The molecular formula is C13H16N4O4S. The van der Waals surface area contributed by atoms with Gasteiger partial charge in [0.25, 0.3) is 0 Å². The molecule has 2 aliphatic rings. The quantitative estimate of drug-likeness (QED) is 0.812. The summed E-state index contributed by atoms with van der Waals surface area (Å²) in [6.07, 6.45) is 1.53. The van der Waals surface area contributed by atoms with Crippen molar-refractivity contribution in [3.8, 4) is 0 Å². The SMILES string of the molecule is C=CCON1C(=O)N2CC1c1ccccc1N2S(=O)(=O)NC. The van der Waals surface area contributed by atoms with Crippen molar-refractivity contribution in [2.24, 2.45) is 0 Å². The first kappa shape index (κ1) is 14.8. The van der Waals surface area contributed by atoms with Crippen molar-refractivity contribution < 1.29 is 18.0 Å². The van der Waals surface area contributed by atoms with Crippen LogP contribution < -0.4 is 9.14 Å². The zero-order valence-corrected chi connectivity index (χ0v) is 12.8. The third-order valence-corrected chi connectivity index (χ3v) is 4.94. The molecule has 1 atom stereocenters. The van der Waals surface area contributed by atoms with Crippen LogP contribution in [0.5, 0.6) is 0 Å². The molecule has 2 bridgehead atoms. The van der Waals surface area contributed by atoms with Crippen LogP contribution in [0, 0.1) is 0 Å². The van der Waals surface area contributed by atoms with Gasteiger partial charge in [0, 0.05) is 12.6 Å². The Morgan fingerprint density at radius 2 is 2.18 bits per heavy atom. The van der Waals surface area contributed by atoms with E-state index in [0.717, 1.165) is 9.42 Å². The highest BCUT2D eigenvalue weighted by atomic mass is 32.2. The van der Waals surface area contributed by atoms with Gasteiger partial charge in [-0.05, 0) is 6.07 Å². The molecule has 0 aromatic heterocycles. The molecule has 2 aliphatic heterocycles. The maximum atomic E-state index is 12.5. The average Bonchev–Trinajstić information content (AvgIpc) is 2.79. The van der Waals surface area contributed by atoms with Crippen LogP contribution >= 0.6 is 0 Å². The van der Waals surface area contributed by atoms with Gasteiger partial charge in [-0.2, -0.15) is 22.6 Å². The Balaban J connectivity index is 2.11. The van der Waals surface area contributed by atoms with Crippen LogP contribution in [0.4, 0.5) is 10.5 Å². The van der Waals surface area contributed by atoms with Gasteiger partial charge in [-0.3, -0.25) is 4.84 Å². The van der Waals surface area contributed by atoms with Crippen LogP contribution in [-0.4, -0.2) is 44.7 Å². The highest BCUT2D eigenvalue weighted by molar-refractivity contribution is 7.90. The number of hydrazine groups is 1. The van der Waals surface area contributed by atoms with Crippen molar-refractivity contribution >= 4 is 21.9 Å². The number of para-hydroxylation sites is 1. The molecule has 1 aromatic rings. The number of anilines is 1. The van der Waals surface area contributed by atoms with Crippen molar-refractivity contribution in [1.82, 2.24) is 14.8 Å². The molecule has 0 spiro atoms. The molecular weight excluding hydrogens is 308 g/mol. The summed E-state index contributed by atoms with van der Waals surface area (Å²) in [5.41, 5.74) is 1.15. The minimum atomic E-state index is -3.86. The zero-order chi connectivity index (χ0) is 15.9. The zero-order valence-electron chi connectivity index (χ0n) is 12.0. The summed E-state index contributed by atoms with van der Waals surface area (Å²) in [5.74, 6) is 0. The molecule has 0 radical (unpaired) electrons. The van der Waals surface area contributed by atoms with E-state index in [1.54, 1.807) is 24.3 Å². The van der Waals surface area contributed by atoms with Gasteiger partial charge >= 0.3 is 16.2 Å². The Morgan fingerprint density at radius 3 is 2.86 bits per heavy atom.